The van der Waals surface area contributed by atoms with Crippen LogP contribution in [0, 0.1) is 0 Å². The van der Waals surface area contributed by atoms with Crippen molar-refractivity contribution in [3.63, 3.8) is 0 Å². The fourth-order valence-electron chi connectivity index (χ4n) is 2.25. The molecule has 0 saturated heterocycles. The van der Waals surface area contributed by atoms with Crippen LogP contribution in [-0.2, 0) is 6.54 Å². The van der Waals surface area contributed by atoms with Crippen molar-refractivity contribution in [2.24, 2.45) is 0 Å². The maximum atomic E-state index is 9.58. The Bertz CT molecular complexity index is 684. The van der Waals surface area contributed by atoms with Crippen LogP contribution < -0.4 is 0 Å². The topological polar surface area (TPSA) is 23.5 Å². The van der Waals surface area contributed by atoms with Gasteiger partial charge in [0.25, 0.3) is 0 Å². The quantitative estimate of drug-likeness (QED) is 0.739. The van der Waals surface area contributed by atoms with Gasteiger partial charge in [-0.05, 0) is 42.4 Å². The van der Waals surface area contributed by atoms with Crippen LogP contribution in [0.2, 0.25) is 0 Å². The summed E-state index contributed by atoms with van der Waals surface area (Å²) < 4.78 is 0. The van der Waals surface area contributed by atoms with Gasteiger partial charge in [-0.25, -0.2) is 0 Å². The van der Waals surface area contributed by atoms with Crippen LogP contribution in [0.1, 0.15) is 4.88 Å². The highest BCUT2D eigenvalue weighted by atomic mass is 32.1. The van der Waals surface area contributed by atoms with E-state index in [0.717, 1.165) is 24.2 Å². The average molecular weight is 311 g/mol. The summed E-state index contributed by atoms with van der Waals surface area (Å²) in [7, 11) is 2.09. The summed E-state index contributed by atoms with van der Waals surface area (Å²) in [5.74, 6) is 0.301. The maximum absolute atomic E-state index is 9.58. The lowest BCUT2D eigenvalue weighted by Crippen LogP contribution is -2.19. The summed E-state index contributed by atoms with van der Waals surface area (Å²) in [6.07, 6.45) is 5.64. The Morgan fingerprint density at radius 1 is 1.27 bits per heavy atom. The van der Waals surface area contributed by atoms with Gasteiger partial charge in [0, 0.05) is 22.8 Å². The molecule has 2 rings (SSSR count). The SMILES string of the molecule is C=C/C=C(\C=C)CN(C)Cc1ccc(-c2cccc(O)c2)s1. The van der Waals surface area contributed by atoms with Crippen molar-refractivity contribution >= 4 is 11.3 Å². The average Bonchev–Trinajstić information content (AvgIpc) is 2.95. The first-order chi connectivity index (χ1) is 10.6. The molecule has 0 spiro atoms. The zero-order valence-electron chi connectivity index (χ0n) is 12.8. The maximum Gasteiger partial charge on any atom is 0.116 e. The lowest BCUT2D eigenvalue weighted by molar-refractivity contribution is 0.361. The van der Waals surface area contributed by atoms with Crippen LogP contribution in [0.5, 0.6) is 5.75 Å². The smallest absolute Gasteiger partial charge is 0.116 e. The summed E-state index contributed by atoms with van der Waals surface area (Å²) in [6, 6.07) is 11.6. The van der Waals surface area contributed by atoms with Crippen LogP contribution in [0.3, 0.4) is 0 Å². The van der Waals surface area contributed by atoms with Crippen LogP contribution in [0.4, 0.5) is 0 Å². The number of hydrogen-bond acceptors (Lipinski definition) is 3. The normalized spacial score (nSPS) is 11.6. The molecule has 3 heteroatoms. The minimum atomic E-state index is 0.301. The Morgan fingerprint density at radius 3 is 2.77 bits per heavy atom. The molecule has 0 bridgehead atoms. The second-order valence-electron chi connectivity index (χ2n) is 5.17. The van der Waals surface area contributed by atoms with Gasteiger partial charge in [-0.1, -0.05) is 43.5 Å². The van der Waals surface area contributed by atoms with Gasteiger partial charge in [0.15, 0.2) is 0 Å². The van der Waals surface area contributed by atoms with Crippen molar-refractivity contribution in [3.05, 3.63) is 78.2 Å². The van der Waals surface area contributed by atoms with E-state index in [4.69, 9.17) is 0 Å². The minimum Gasteiger partial charge on any atom is -0.508 e. The van der Waals surface area contributed by atoms with E-state index < -0.39 is 0 Å². The molecular formula is C19H21NOS. The van der Waals surface area contributed by atoms with Gasteiger partial charge in [-0.2, -0.15) is 0 Å². The number of aromatic hydroxyl groups is 1. The number of phenols is 1. The van der Waals surface area contributed by atoms with E-state index >= 15 is 0 Å². The molecule has 0 amide bonds. The zero-order valence-corrected chi connectivity index (χ0v) is 13.6. The van der Waals surface area contributed by atoms with Crippen LogP contribution >= 0.6 is 11.3 Å². The number of rotatable bonds is 7. The summed E-state index contributed by atoms with van der Waals surface area (Å²) in [5, 5.41) is 9.58. The first kappa shape index (κ1) is 16.3. The number of phenolic OH excluding ortho intramolecular Hbond substituents is 1. The fraction of sp³-hybridized carbons (Fsp3) is 0.158. The highest BCUT2D eigenvalue weighted by molar-refractivity contribution is 7.15. The van der Waals surface area contributed by atoms with E-state index in [-0.39, 0.29) is 0 Å². The number of likely N-dealkylation sites (N-methyl/N-ethyl adjacent to an activating group) is 1. The van der Waals surface area contributed by atoms with Crippen LogP contribution in [0.25, 0.3) is 10.4 Å². The molecule has 1 N–H and O–H groups in total. The molecule has 0 radical (unpaired) electrons. The van der Waals surface area contributed by atoms with Crippen molar-refractivity contribution in [2.75, 3.05) is 13.6 Å². The van der Waals surface area contributed by atoms with Gasteiger partial charge >= 0.3 is 0 Å². The molecule has 0 fully saturated rings. The third-order valence-electron chi connectivity index (χ3n) is 3.26. The molecule has 0 saturated carbocycles. The molecule has 0 aliphatic heterocycles. The Morgan fingerprint density at radius 2 is 2.09 bits per heavy atom. The standard InChI is InChI=1S/C19H21NOS/c1-4-7-15(5-2)13-20(3)14-18-10-11-19(22-18)16-8-6-9-17(21)12-16/h4-12,21H,1-2,13-14H2,3H3/b15-7+. The Labute approximate surface area is 136 Å². The Balaban J connectivity index is 2.04. The van der Waals surface area contributed by atoms with Crippen molar-refractivity contribution in [1.29, 1.82) is 0 Å². The van der Waals surface area contributed by atoms with Crippen LogP contribution in [-0.4, -0.2) is 23.6 Å². The number of allylic oxidation sites excluding steroid dienone is 2. The molecule has 0 unspecified atom stereocenters. The van der Waals surface area contributed by atoms with Crippen molar-refractivity contribution in [3.8, 4) is 16.2 Å². The molecule has 1 heterocycles. The van der Waals surface area contributed by atoms with Crippen molar-refractivity contribution in [2.45, 2.75) is 6.54 Å². The molecule has 1 aromatic carbocycles. The molecule has 2 aromatic rings. The van der Waals surface area contributed by atoms with Gasteiger partial charge in [-0.15, -0.1) is 11.3 Å². The summed E-state index contributed by atoms with van der Waals surface area (Å²) in [5.41, 5.74) is 2.21. The van der Waals surface area contributed by atoms with Gasteiger partial charge in [0.05, 0.1) is 0 Å². The number of hydrogen-bond donors (Lipinski definition) is 1. The van der Waals surface area contributed by atoms with Crippen LogP contribution in [0.15, 0.2) is 73.4 Å². The van der Waals surface area contributed by atoms with E-state index in [9.17, 15) is 5.11 Å². The first-order valence-electron chi connectivity index (χ1n) is 7.13. The predicted molar refractivity (Wildman–Crippen MR) is 96.2 cm³/mol. The van der Waals surface area contributed by atoms with Gasteiger partial charge in [-0.3, -0.25) is 4.90 Å². The second kappa shape index (κ2) is 7.78. The lowest BCUT2D eigenvalue weighted by atomic mass is 10.2. The third-order valence-corrected chi connectivity index (χ3v) is 4.38. The van der Waals surface area contributed by atoms with E-state index in [2.05, 4.69) is 37.2 Å². The zero-order chi connectivity index (χ0) is 15.9. The van der Waals surface area contributed by atoms with Gasteiger partial charge in [0.2, 0.25) is 0 Å². The molecule has 0 aliphatic rings. The largest absolute Gasteiger partial charge is 0.508 e. The summed E-state index contributed by atoms with van der Waals surface area (Å²) in [6.45, 7) is 9.27. The molecular weight excluding hydrogens is 290 g/mol. The number of benzene rings is 1. The van der Waals surface area contributed by atoms with Gasteiger partial charge in [0.1, 0.15) is 5.75 Å². The monoisotopic (exact) mass is 311 g/mol. The first-order valence-corrected chi connectivity index (χ1v) is 7.94. The van der Waals surface area contributed by atoms with E-state index in [1.807, 2.05) is 24.3 Å². The fourth-order valence-corrected chi connectivity index (χ4v) is 3.33. The predicted octanol–water partition coefficient (Wildman–Crippen LogP) is 4.85. The molecule has 22 heavy (non-hydrogen) atoms. The summed E-state index contributed by atoms with van der Waals surface area (Å²) >= 11 is 1.75. The Kier molecular flexibility index (Phi) is 5.75. The number of thiophene rings is 1. The minimum absolute atomic E-state index is 0.301. The summed E-state index contributed by atoms with van der Waals surface area (Å²) in [4.78, 5) is 4.71. The van der Waals surface area contributed by atoms with Crippen molar-refractivity contribution in [1.82, 2.24) is 4.90 Å². The molecule has 0 atom stereocenters. The molecule has 114 valence electrons. The van der Waals surface area contributed by atoms with Crippen molar-refractivity contribution < 1.29 is 5.11 Å². The second-order valence-corrected chi connectivity index (χ2v) is 6.34. The highest BCUT2D eigenvalue weighted by Gasteiger charge is 2.07. The van der Waals surface area contributed by atoms with E-state index in [1.54, 1.807) is 29.5 Å². The molecule has 2 nitrogen and oxygen atoms in total. The highest BCUT2D eigenvalue weighted by Crippen LogP contribution is 2.30. The van der Waals surface area contributed by atoms with Gasteiger partial charge < -0.3 is 5.11 Å². The third kappa shape index (κ3) is 4.45. The lowest BCUT2D eigenvalue weighted by Gasteiger charge is -2.16. The molecule has 1 aromatic heterocycles. The van der Waals surface area contributed by atoms with E-state index in [1.165, 1.54) is 9.75 Å². The number of nitrogens with zero attached hydrogens (tertiary/aromatic N) is 1. The Hall–Kier alpha value is -2.10. The molecule has 0 aliphatic carbocycles. The van der Waals surface area contributed by atoms with E-state index in [0.29, 0.717) is 5.75 Å².